The second kappa shape index (κ2) is 7.86. The zero-order valence-corrected chi connectivity index (χ0v) is 16.3. The van der Waals surface area contributed by atoms with Crippen LogP contribution in [0.3, 0.4) is 0 Å². The summed E-state index contributed by atoms with van der Waals surface area (Å²) in [6.45, 7) is 3.50. The fraction of sp³-hybridized carbons (Fsp3) is 0.238. The van der Waals surface area contributed by atoms with Crippen LogP contribution in [0.4, 0.5) is 11.6 Å². The topological polar surface area (TPSA) is 92.9 Å². The van der Waals surface area contributed by atoms with Gasteiger partial charge in [-0.25, -0.2) is 19.6 Å². The molecule has 0 N–H and O–H groups in total. The highest BCUT2D eigenvalue weighted by atomic mass is 16.1. The zero-order valence-electron chi connectivity index (χ0n) is 16.3. The standard InChI is InChI=1S/C21H20N8O/c30-19-7-6-18(26-29(19)14-16-4-1-2-8-22-16)27-10-12-28(13-11-27)21-17-5-3-9-23-20(17)24-15-25-21/h1-9,15H,10-14H2. The minimum atomic E-state index is -0.136. The third-order valence-corrected chi connectivity index (χ3v) is 5.18. The molecule has 0 bridgehead atoms. The molecule has 0 amide bonds. The Bertz CT molecular complexity index is 1210. The van der Waals surface area contributed by atoms with Gasteiger partial charge in [0, 0.05) is 44.6 Å². The molecular weight excluding hydrogens is 380 g/mol. The smallest absolute Gasteiger partial charge is 0.267 e. The first kappa shape index (κ1) is 18.2. The van der Waals surface area contributed by atoms with Crippen LogP contribution >= 0.6 is 0 Å². The molecule has 0 spiro atoms. The quantitative estimate of drug-likeness (QED) is 0.507. The predicted molar refractivity (Wildman–Crippen MR) is 114 cm³/mol. The van der Waals surface area contributed by atoms with Crippen molar-refractivity contribution in [3.8, 4) is 0 Å². The Balaban J connectivity index is 1.33. The lowest BCUT2D eigenvalue weighted by Crippen LogP contribution is -2.47. The number of anilines is 2. The Morgan fingerprint density at radius 2 is 1.63 bits per heavy atom. The molecular formula is C21H20N8O. The predicted octanol–water partition coefficient (Wildman–Crippen LogP) is 1.35. The molecule has 0 aromatic carbocycles. The SMILES string of the molecule is O=c1ccc(N2CCN(c3ncnc4ncccc34)CC2)nn1Cc1ccccn1. The van der Waals surface area contributed by atoms with Gasteiger partial charge in [-0.3, -0.25) is 9.78 Å². The summed E-state index contributed by atoms with van der Waals surface area (Å²) in [4.78, 5) is 34.0. The van der Waals surface area contributed by atoms with Gasteiger partial charge >= 0.3 is 0 Å². The highest BCUT2D eigenvalue weighted by Gasteiger charge is 2.21. The second-order valence-corrected chi connectivity index (χ2v) is 7.05. The van der Waals surface area contributed by atoms with Crippen molar-refractivity contribution in [1.29, 1.82) is 0 Å². The number of nitrogens with zero attached hydrogens (tertiary/aromatic N) is 8. The van der Waals surface area contributed by atoms with E-state index in [9.17, 15) is 4.79 Å². The Kier molecular flexibility index (Phi) is 4.76. The molecule has 1 fully saturated rings. The van der Waals surface area contributed by atoms with Crippen molar-refractivity contribution in [2.24, 2.45) is 0 Å². The Labute approximate surface area is 172 Å². The average Bonchev–Trinajstić information content (AvgIpc) is 2.81. The highest BCUT2D eigenvalue weighted by molar-refractivity contribution is 5.86. The van der Waals surface area contributed by atoms with E-state index < -0.39 is 0 Å². The summed E-state index contributed by atoms with van der Waals surface area (Å²) in [7, 11) is 0. The molecule has 30 heavy (non-hydrogen) atoms. The molecule has 0 radical (unpaired) electrons. The van der Waals surface area contributed by atoms with Crippen LogP contribution in [0.5, 0.6) is 0 Å². The van der Waals surface area contributed by atoms with Gasteiger partial charge in [-0.05, 0) is 30.3 Å². The lowest BCUT2D eigenvalue weighted by Gasteiger charge is -2.36. The average molecular weight is 400 g/mol. The Hall–Kier alpha value is -3.88. The van der Waals surface area contributed by atoms with Gasteiger partial charge in [0.2, 0.25) is 0 Å². The van der Waals surface area contributed by atoms with Crippen LogP contribution < -0.4 is 15.4 Å². The summed E-state index contributed by atoms with van der Waals surface area (Å²) in [5.74, 6) is 1.69. The van der Waals surface area contributed by atoms with Crippen LogP contribution in [0.25, 0.3) is 11.0 Å². The number of hydrogen-bond acceptors (Lipinski definition) is 8. The van der Waals surface area contributed by atoms with Gasteiger partial charge < -0.3 is 9.80 Å². The molecule has 0 atom stereocenters. The monoisotopic (exact) mass is 400 g/mol. The number of pyridine rings is 2. The molecule has 4 aromatic rings. The molecule has 9 nitrogen and oxygen atoms in total. The van der Waals surface area contributed by atoms with Gasteiger partial charge in [0.1, 0.15) is 18.0 Å². The maximum absolute atomic E-state index is 12.2. The minimum Gasteiger partial charge on any atom is -0.352 e. The minimum absolute atomic E-state index is 0.136. The first-order valence-corrected chi connectivity index (χ1v) is 9.82. The van der Waals surface area contributed by atoms with E-state index in [0.29, 0.717) is 12.2 Å². The molecule has 0 saturated carbocycles. The van der Waals surface area contributed by atoms with E-state index in [1.807, 2.05) is 30.3 Å². The summed E-state index contributed by atoms with van der Waals surface area (Å²) in [6, 6.07) is 12.9. The summed E-state index contributed by atoms with van der Waals surface area (Å²) in [5.41, 5.74) is 1.37. The summed E-state index contributed by atoms with van der Waals surface area (Å²) in [6.07, 6.45) is 5.02. The van der Waals surface area contributed by atoms with Gasteiger partial charge in [-0.1, -0.05) is 6.07 Å². The van der Waals surface area contributed by atoms with Crippen LogP contribution in [0.15, 0.2) is 66.0 Å². The lowest BCUT2D eigenvalue weighted by atomic mass is 10.2. The third kappa shape index (κ3) is 3.57. The Morgan fingerprint density at radius 1 is 0.800 bits per heavy atom. The molecule has 5 heterocycles. The van der Waals surface area contributed by atoms with E-state index in [0.717, 1.165) is 48.9 Å². The maximum atomic E-state index is 12.2. The fourth-order valence-electron chi connectivity index (χ4n) is 3.65. The van der Waals surface area contributed by atoms with E-state index in [-0.39, 0.29) is 5.56 Å². The van der Waals surface area contributed by atoms with Gasteiger partial charge in [0.05, 0.1) is 17.6 Å². The van der Waals surface area contributed by atoms with E-state index in [4.69, 9.17) is 0 Å². The highest BCUT2D eigenvalue weighted by Crippen LogP contribution is 2.23. The summed E-state index contributed by atoms with van der Waals surface area (Å²) >= 11 is 0. The van der Waals surface area contributed by atoms with Crippen LogP contribution in [-0.2, 0) is 6.54 Å². The molecule has 0 unspecified atom stereocenters. The lowest BCUT2D eigenvalue weighted by molar-refractivity contribution is 0.595. The van der Waals surface area contributed by atoms with E-state index in [1.54, 1.807) is 30.9 Å². The van der Waals surface area contributed by atoms with Crippen molar-refractivity contribution in [2.75, 3.05) is 36.0 Å². The summed E-state index contributed by atoms with van der Waals surface area (Å²) < 4.78 is 1.47. The van der Waals surface area contributed by atoms with Gasteiger partial charge in [-0.2, -0.15) is 5.10 Å². The van der Waals surface area contributed by atoms with Crippen molar-refractivity contribution in [3.63, 3.8) is 0 Å². The number of rotatable bonds is 4. The number of fused-ring (bicyclic) bond motifs is 1. The van der Waals surface area contributed by atoms with Crippen molar-refractivity contribution >= 4 is 22.7 Å². The van der Waals surface area contributed by atoms with Crippen LogP contribution in [0.1, 0.15) is 5.69 Å². The first-order chi connectivity index (χ1) is 14.8. The first-order valence-electron chi connectivity index (χ1n) is 9.82. The molecule has 150 valence electrons. The van der Waals surface area contributed by atoms with Crippen molar-refractivity contribution < 1.29 is 0 Å². The molecule has 0 aliphatic carbocycles. The number of hydrogen-bond donors (Lipinski definition) is 0. The largest absolute Gasteiger partial charge is 0.352 e. The number of aromatic nitrogens is 6. The summed E-state index contributed by atoms with van der Waals surface area (Å²) in [5, 5.41) is 5.53. The van der Waals surface area contributed by atoms with E-state index >= 15 is 0 Å². The van der Waals surface area contributed by atoms with Gasteiger partial charge in [0.15, 0.2) is 5.65 Å². The third-order valence-electron chi connectivity index (χ3n) is 5.18. The Morgan fingerprint density at radius 3 is 2.47 bits per heavy atom. The normalized spacial score (nSPS) is 14.3. The second-order valence-electron chi connectivity index (χ2n) is 7.05. The molecule has 1 saturated heterocycles. The maximum Gasteiger partial charge on any atom is 0.267 e. The number of piperazine rings is 1. The van der Waals surface area contributed by atoms with Crippen molar-refractivity contribution in [1.82, 2.24) is 29.7 Å². The molecule has 4 aromatic heterocycles. The van der Waals surface area contributed by atoms with Crippen LogP contribution in [0.2, 0.25) is 0 Å². The molecule has 9 heteroatoms. The van der Waals surface area contributed by atoms with E-state index in [2.05, 4.69) is 34.8 Å². The molecule has 5 rings (SSSR count). The van der Waals surface area contributed by atoms with Gasteiger partial charge in [0.25, 0.3) is 5.56 Å². The van der Waals surface area contributed by atoms with Crippen molar-refractivity contribution in [2.45, 2.75) is 6.54 Å². The molecule has 1 aliphatic rings. The van der Waals surface area contributed by atoms with Crippen molar-refractivity contribution in [3.05, 3.63) is 77.2 Å². The van der Waals surface area contributed by atoms with Gasteiger partial charge in [-0.15, -0.1) is 0 Å². The molecule has 1 aliphatic heterocycles. The fourth-order valence-corrected chi connectivity index (χ4v) is 3.65. The van der Waals surface area contributed by atoms with Crippen LogP contribution in [0, 0.1) is 0 Å². The van der Waals surface area contributed by atoms with E-state index in [1.165, 1.54) is 4.68 Å². The van der Waals surface area contributed by atoms with Crippen LogP contribution in [-0.4, -0.2) is 55.9 Å². The zero-order chi connectivity index (χ0) is 20.3.